The van der Waals surface area contributed by atoms with Gasteiger partial charge in [0.05, 0.1) is 11.0 Å². The predicted molar refractivity (Wildman–Crippen MR) is 73.8 cm³/mol. The number of nitrogens with one attached hydrogen (secondary N) is 3. The average molecular weight is 244 g/mol. The van der Waals surface area contributed by atoms with Gasteiger partial charge in [-0.3, -0.25) is 0 Å². The summed E-state index contributed by atoms with van der Waals surface area (Å²) >= 11 is 0. The second-order valence-corrected chi connectivity index (χ2v) is 5.15. The van der Waals surface area contributed by atoms with Gasteiger partial charge in [-0.2, -0.15) is 0 Å². The molecule has 1 aliphatic heterocycles. The number of hydrogen-bond donors (Lipinski definition) is 3. The number of aryl methyl sites for hydroxylation is 1. The minimum atomic E-state index is 0.836. The Bertz CT molecular complexity index is 528. The molecule has 18 heavy (non-hydrogen) atoms. The van der Waals surface area contributed by atoms with Gasteiger partial charge in [0, 0.05) is 19.6 Å². The van der Waals surface area contributed by atoms with E-state index < -0.39 is 0 Å². The summed E-state index contributed by atoms with van der Waals surface area (Å²) in [7, 11) is 0. The second kappa shape index (κ2) is 5.08. The van der Waals surface area contributed by atoms with Gasteiger partial charge in [0.1, 0.15) is 5.82 Å². The van der Waals surface area contributed by atoms with Crippen LogP contribution in [0, 0.1) is 12.8 Å². The maximum absolute atomic E-state index is 4.41. The number of aromatic amines is 1. The molecule has 0 radical (unpaired) electrons. The molecule has 2 heterocycles. The standard InChI is InChI=1S/C14H20N4/c1-10-17-13-3-2-11(6-14(13)18-10)4-5-15-7-12-8-16-9-12/h2-3,6,12,15-16H,4-5,7-9H2,1H3,(H,17,18). The Morgan fingerprint density at radius 2 is 2.28 bits per heavy atom. The van der Waals surface area contributed by atoms with Crippen LogP contribution in [-0.2, 0) is 6.42 Å². The van der Waals surface area contributed by atoms with Gasteiger partial charge in [0.2, 0.25) is 0 Å². The quantitative estimate of drug-likeness (QED) is 0.693. The summed E-state index contributed by atoms with van der Waals surface area (Å²) in [6.45, 7) is 6.53. The van der Waals surface area contributed by atoms with E-state index in [9.17, 15) is 0 Å². The molecular formula is C14H20N4. The van der Waals surface area contributed by atoms with E-state index in [1.807, 2.05) is 6.92 Å². The van der Waals surface area contributed by atoms with E-state index in [2.05, 4.69) is 38.8 Å². The molecule has 0 atom stereocenters. The van der Waals surface area contributed by atoms with Crippen molar-refractivity contribution >= 4 is 11.0 Å². The van der Waals surface area contributed by atoms with Crippen molar-refractivity contribution in [1.82, 2.24) is 20.6 Å². The zero-order chi connectivity index (χ0) is 12.4. The smallest absolute Gasteiger partial charge is 0.104 e. The predicted octanol–water partition coefficient (Wildman–Crippen LogP) is 1.22. The Hall–Kier alpha value is -1.39. The van der Waals surface area contributed by atoms with Crippen molar-refractivity contribution in [2.24, 2.45) is 5.92 Å². The van der Waals surface area contributed by atoms with E-state index in [-0.39, 0.29) is 0 Å². The maximum Gasteiger partial charge on any atom is 0.104 e. The molecule has 4 nitrogen and oxygen atoms in total. The van der Waals surface area contributed by atoms with Gasteiger partial charge in [-0.25, -0.2) is 4.98 Å². The molecule has 1 aromatic carbocycles. The van der Waals surface area contributed by atoms with Crippen molar-refractivity contribution < 1.29 is 0 Å². The zero-order valence-corrected chi connectivity index (χ0v) is 10.8. The summed E-state index contributed by atoms with van der Waals surface area (Å²) in [4.78, 5) is 7.70. The van der Waals surface area contributed by atoms with Crippen LogP contribution in [-0.4, -0.2) is 36.1 Å². The summed E-state index contributed by atoms with van der Waals surface area (Å²) in [5, 5.41) is 6.81. The van der Waals surface area contributed by atoms with Gasteiger partial charge in [0.15, 0.2) is 0 Å². The molecule has 1 saturated heterocycles. The molecular weight excluding hydrogens is 224 g/mol. The molecule has 3 N–H and O–H groups in total. The molecule has 3 rings (SSSR count). The van der Waals surface area contributed by atoms with E-state index in [4.69, 9.17) is 0 Å². The monoisotopic (exact) mass is 244 g/mol. The van der Waals surface area contributed by atoms with Crippen molar-refractivity contribution in [3.63, 3.8) is 0 Å². The first-order valence-electron chi connectivity index (χ1n) is 6.68. The molecule has 1 aromatic heterocycles. The third kappa shape index (κ3) is 2.54. The number of rotatable bonds is 5. The van der Waals surface area contributed by atoms with Crippen LogP contribution in [0.2, 0.25) is 0 Å². The largest absolute Gasteiger partial charge is 0.342 e. The van der Waals surface area contributed by atoms with Crippen LogP contribution in [0.15, 0.2) is 18.2 Å². The lowest BCUT2D eigenvalue weighted by atomic mass is 10.0. The van der Waals surface area contributed by atoms with Gasteiger partial charge in [0.25, 0.3) is 0 Å². The molecule has 4 heteroatoms. The van der Waals surface area contributed by atoms with Crippen molar-refractivity contribution in [1.29, 1.82) is 0 Å². The Morgan fingerprint density at radius 1 is 1.39 bits per heavy atom. The molecule has 96 valence electrons. The summed E-state index contributed by atoms with van der Waals surface area (Å²) < 4.78 is 0. The topological polar surface area (TPSA) is 52.7 Å². The number of aromatic nitrogens is 2. The minimum absolute atomic E-state index is 0.836. The van der Waals surface area contributed by atoms with Gasteiger partial charge < -0.3 is 15.6 Å². The third-order valence-electron chi connectivity index (χ3n) is 3.55. The molecule has 0 unspecified atom stereocenters. The lowest BCUT2D eigenvalue weighted by Crippen LogP contribution is -2.47. The van der Waals surface area contributed by atoms with E-state index in [0.29, 0.717) is 0 Å². The summed E-state index contributed by atoms with van der Waals surface area (Å²) in [5.74, 6) is 1.82. The molecule has 0 bridgehead atoms. The van der Waals surface area contributed by atoms with E-state index in [1.54, 1.807) is 0 Å². The fourth-order valence-corrected chi connectivity index (χ4v) is 2.37. The SMILES string of the molecule is Cc1nc2ccc(CCNCC3CNC3)cc2[nH]1. The Morgan fingerprint density at radius 3 is 3.06 bits per heavy atom. The van der Waals surface area contributed by atoms with Crippen LogP contribution in [0.1, 0.15) is 11.4 Å². The van der Waals surface area contributed by atoms with Crippen molar-refractivity contribution in [3.05, 3.63) is 29.6 Å². The molecule has 0 amide bonds. The normalized spacial score (nSPS) is 16.1. The van der Waals surface area contributed by atoms with E-state index >= 15 is 0 Å². The fourth-order valence-electron chi connectivity index (χ4n) is 2.37. The number of nitrogens with zero attached hydrogens (tertiary/aromatic N) is 1. The number of benzene rings is 1. The molecule has 2 aromatic rings. The Kier molecular flexibility index (Phi) is 3.30. The third-order valence-corrected chi connectivity index (χ3v) is 3.55. The Balaban J connectivity index is 1.53. The van der Waals surface area contributed by atoms with Crippen LogP contribution in [0.25, 0.3) is 11.0 Å². The fraction of sp³-hybridized carbons (Fsp3) is 0.500. The molecule has 1 aliphatic rings. The molecule has 0 saturated carbocycles. The highest BCUT2D eigenvalue weighted by atomic mass is 15.0. The summed E-state index contributed by atoms with van der Waals surface area (Å²) in [6.07, 6.45) is 1.08. The van der Waals surface area contributed by atoms with Crippen LogP contribution in [0.4, 0.5) is 0 Å². The van der Waals surface area contributed by atoms with Gasteiger partial charge in [-0.15, -0.1) is 0 Å². The highest BCUT2D eigenvalue weighted by Gasteiger charge is 2.15. The number of imidazole rings is 1. The van der Waals surface area contributed by atoms with Crippen molar-refractivity contribution in [2.45, 2.75) is 13.3 Å². The molecule has 0 aliphatic carbocycles. The van der Waals surface area contributed by atoms with Crippen LogP contribution < -0.4 is 10.6 Å². The van der Waals surface area contributed by atoms with Crippen molar-refractivity contribution in [3.8, 4) is 0 Å². The first-order chi connectivity index (χ1) is 8.81. The number of H-pyrrole nitrogens is 1. The maximum atomic E-state index is 4.41. The van der Waals surface area contributed by atoms with Gasteiger partial charge in [-0.05, 0) is 43.5 Å². The Labute approximate surface area is 107 Å². The summed E-state index contributed by atoms with van der Waals surface area (Å²) in [6, 6.07) is 6.49. The lowest BCUT2D eigenvalue weighted by molar-refractivity contribution is 0.333. The zero-order valence-electron chi connectivity index (χ0n) is 10.8. The first kappa shape index (κ1) is 11.7. The second-order valence-electron chi connectivity index (χ2n) is 5.15. The number of fused-ring (bicyclic) bond motifs is 1. The van der Waals surface area contributed by atoms with Crippen LogP contribution in [0.5, 0.6) is 0 Å². The molecule has 1 fully saturated rings. The highest BCUT2D eigenvalue weighted by Crippen LogP contribution is 2.13. The molecule has 0 spiro atoms. The van der Waals surface area contributed by atoms with Crippen molar-refractivity contribution in [2.75, 3.05) is 26.2 Å². The van der Waals surface area contributed by atoms with E-state index in [1.165, 1.54) is 18.7 Å². The number of hydrogen-bond acceptors (Lipinski definition) is 3. The van der Waals surface area contributed by atoms with Gasteiger partial charge in [-0.1, -0.05) is 6.07 Å². The van der Waals surface area contributed by atoms with Crippen LogP contribution >= 0.6 is 0 Å². The summed E-state index contributed by atoms with van der Waals surface area (Å²) in [5.41, 5.74) is 3.57. The van der Waals surface area contributed by atoms with E-state index in [0.717, 1.165) is 42.3 Å². The highest BCUT2D eigenvalue weighted by molar-refractivity contribution is 5.75. The lowest BCUT2D eigenvalue weighted by Gasteiger charge is -2.27. The van der Waals surface area contributed by atoms with Crippen LogP contribution in [0.3, 0.4) is 0 Å². The minimum Gasteiger partial charge on any atom is -0.342 e. The average Bonchev–Trinajstić information content (AvgIpc) is 2.65. The first-order valence-corrected chi connectivity index (χ1v) is 6.68. The van der Waals surface area contributed by atoms with Gasteiger partial charge >= 0.3 is 0 Å².